The van der Waals surface area contributed by atoms with Gasteiger partial charge in [-0.15, -0.1) is 0 Å². The van der Waals surface area contributed by atoms with Crippen LogP contribution in [0.3, 0.4) is 0 Å². The van der Waals surface area contributed by atoms with Crippen LogP contribution in [-0.2, 0) is 9.59 Å². The van der Waals surface area contributed by atoms with Crippen LogP contribution >= 0.6 is 0 Å². The number of hydrogen-bond acceptors (Lipinski definition) is 4. The SMILES string of the molecule is CCOc1ccc(C2C3=C(CCCC3=O)NC3=CCCC(=O)C32)cc1. The highest BCUT2D eigenvalue weighted by Crippen LogP contribution is 2.46. The molecule has 4 heteroatoms. The van der Waals surface area contributed by atoms with Crippen molar-refractivity contribution in [3.8, 4) is 5.75 Å². The van der Waals surface area contributed by atoms with Gasteiger partial charge in [0.25, 0.3) is 0 Å². The van der Waals surface area contributed by atoms with Crippen molar-refractivity contribution in [3.63, 3.8) is 0 Å². The lowest BCUT2D eigenvalue weighted by Gasteiger charge is -2.40. The summed E-state index contributed by atoms with van der Waals surface area (Å²) in [5.74, 6) is 0.806. The number of allylic oxidation sites excluding steroid dienone is 4. The minimum Gasteiger partial charge on any atom is -0.494 e. The number of carbonyl (C=O) groups is 2. The molecule has 4 nitrogen and oxygen atoms in total. The lowest BCUT2D eigenvalue weighted by Crippen LogP contribution is -2.42. The summed E-state index contributed by atoms with van der Waals surface area (Å²) >= 11 is 0. The predicted octanol–water partition coefficient (Wildman–Crippen LogP) is 3.64. The molecule has 0 bridgehead atoms. The summed E-state index contributed by atoms with van der Waals surface area (Å²) in [6, 6.07) is 7.89. The molecule has 0 aromatic heterocycles. The van der Waals surface area contributed by atoms with Gasteiger partial charge in [-0.05, 0) is 43.9 Å². The number of ether oxygens (including phenoxy) is 1. The molecule has 0 saturated carbocycles. The molecule has 25 heavy (non-hydrogen) atoms. The second-order valence-electron chi connectivity index (χ2n) is 6.92. The number of rotatable bonds is 3. The standard InChI is InChI=1S/C21H23NO3/c1-2-25-14-11-9-13(10-12-14)19-20-15(5-3-7-17(20)23)22-16-6-4-8-18(24)21(16)19/h5,9-12,19-20,22H,2-4,6-8H2,1H3. The molecule has 0 radical (unpaired) electrons. The van der Waals surface area contributed by atoms with Crippen LogP contribution < -0.4 is 10.1 Å². The van der Waals surface area contributed by atoms with Crippen LogP contribution in [0.15, 0.2) is 47.3 Å². The van der Waals surface area contributed by atoms with Gasteiger partial charge in [0.05, 0.1) is 12.5 Å². The van der Waals surface area contributed by atoms with Gasteiger partial charge in [0.15, 0.2) is 5.78 Å². The van der Waals surface area contributed by atoms with Crippen molar-refractivity contribution in [2.75, 3.05) is 6.61 Å². The minimum absolute atomic E-state index is 0.168. The molecule has 0 fully saturated rings. The highest BCUT2D eigenvalue weighted by Gasteiger charge is 2.43. The van der Waals surface area contributed by atoms with Crippen LogP contribution in [0.4, 0.5) is 0 Å². The van der Waals surface area contributed by atoms with E-state index in [1.165, 1.54) is 0 Å². The maximum Gasteiger partial charge on any atom is 0.161 e. The Kier molecular flexibility index (Phi) is 4.20. The third kappa shape index (κ3) is 2.80. The van der Waals surface area contributed by atoms with Crippen molar-refractivity contribution >= 4 is 11.6 Å². The molecule has 0 spiro atoms. The fourth-order valence-electron chi connectivity index (χ4n) is 4.31. The second kappa shape index (κ2) is 6.51. The fourth-order valence-corrected chi connectivity index (χ4v) is 4.31. The molecule has 1 aromatic carbocycles. The molecule has 1 aromatic rings. The van der Waals surface area contributed by atoms with Gasteiger partial charge in [-0.3, -0.25) is 9.59 Å². The Hall–Kier alpha value is -2.36. The van der Waals surface area contributed by atoms with Crippen molar-refractivity contribution in [1.82, 2.24) is 5.32 Å². The number of nitrogens with one attached hydrogen (secondary N) is 1. The summed E-state index contributed by atoms with van der Waals surface area (Å²) in [6.07, 6.45) is 5.81. The van der Waals surface area contributed by atoms with E-state index in [-0.39, 0.29) is 23.4 Å². The molecule has 2 atom stereocenters. The van der Waals surface area contributed by atoms with Gasteiger partial charge in [0.1, 0.15) is 11.5 Å². The van der Waals surface area contributed by atoms with E-state index in [9.17, 15) is 9.59 Å². The monoisotopic (exact) mass is 337 g/mol. The Labute approximate surface area is 147 Å². The van der Waals surface area contributed by atoms with Crippen molar-refractivity contribution < 1.29 is 14.3 Å². The molecular formula is C21H23NO3. The average molecular weight is 337 g/mol. The Morgan fingerprint density at radius 1 is 1.08 bits per heavy atom. The average Bonchev–Trinajstić information content (AvgIpc) is 2.62. The Balaban J connectivity index is 1.82. The van der Waals surface area contributed by atoms with Gasteiger partial charge < -0.3 is 10.1 Å². The van der Waals surface area contributed by atoms with Crippen molar-refractivity contribution in [2.24, 2.45) is 5.92 Å². The Bertz CT molecular complexity index is 773. The molecule has 1 aliphatic heterocycles. The number of ketones is 2. The van der Waals surface area contributed by atoms with Crippen molar-refractivity contribution in [1.29, 1.82) is 0 Å². The summed E-state index contributed by atoms with van der Waals surface area (Å²) in [5, 5.41) is 3.42. The van der Waals surface area contributed by atoms with E-state index in [0.717, 1.165) is 47.5 Å². The van der Waals surface area contributed by atoms with Gasteiger partial charge in [-0.25, -0.2) is 0 Å². The Morgan fingerprint density at radius 3 is 2.64 bits per heavy atom. The van der Waals surface area contributed by atoms with E-state index in [1.54, 1.807) is 0 Å². The molecule has 1 N–H and O–H groups in total. The zero-order valence-corrected chi connectivity index (χ0v) is 14.5. The lowest BCUT2D eigenvalue weighted by atomic mass is 9.68. The lowest BCUT2D eigenvalue weighted by molar-refractivity contribution is -0.123. The quantitative estimate of drug-likeness (QED) is 0.915. The van der Waals surface area contributed by atoms with E-state index in [1.807, 2.05) is 31.2 Å². The molecule has 4 rings (SSSR count). The molecule has 3 aliphatic rings. The molecule has 130 valence electrons. The third-order valence-corrected chi connectivity index (χ3v) is 5.38. The zero-order valence-electron chi connectivity index (χ0n) is 14.5. The number of Topliss-reactive ketones (excluding diaryl/α,β-unsaturated/α-hetero) is 2. The molecule has 0 amide bonds. The second-order valence-corrected chi connectivity index (χ2v) is 6.92. The molecule has 1 heterocycles. The topological polar surface area (TPSA) is 55.4 Å². The largest absolute Gasteiger partial charge is 0.494 e. The van der Waals surface area contributed by atoms with E-state index in [2.05, 4.69) is 11.4 Å². The highest BCUT2D eigenvalue weighted by molar-refractivity contribution is 6.01. The van der Waals surface area contributed by atoms with Gasteiger partial charge in [0.2, 0.25) is 0 Å². The normalized spacial score (nSPS) is 25.7. The van der Waals surface area contributed by atoms with E-state index >= 15 is 0 Å². The minimum atomic E-state index is -0.257. The summed E-state index contributed by atoms with van der Waals surface area (Å²) < 4.78 is 5.53. The van der Waals surface area contributed by atoms with Crippen molar-refractivity contribution in [3.05, 3.63) is 52.9 Å². The van der Waals surface area contributed by atoms with Gasteiger partial charge in [-0.1, -0.05) is 18.2 Å². The smallest absolute Gasteiger partial charge is 0.161 e. The first-order chi connectivity index (χ1) is 12.2. The van der Waals surface area contributed by atoms with Crippen LogP contribution in [0, 0.1) is 5.92 Å². The molecule has 2 unspecified atom stereocenters. The predicted molar refractivity (Wildman–Crippen MR) is 95.2 cm³/mol. The van der Waals surface area contributed by atoms with Crippen LogP contribution in [0.25, 0.3) is 0 Å². The van der Waals surface area contributed by atoms with E-state index in [0.29, 0.717) is 19.4 Å². The maximum absolute atomic E-state index is 12.7. The van der Waals surface area contributed by atoms with Crippen LogP contribution in [0.1, 0.15) is 50.5 Å². The number of hydrogen-bond donors (Lipinski definition) is 1. The van der Waals surface area contributed by atoms with Crippen molar-refractivity contribution in [2.45, 2.75) is 44.9 Å². The molecular weight excluding hydrogens is 314 g/mol. The molecule has 2 aliphatic carbocycles. The number of fused-ring (bicyclic) bond motifs is 1. The first kappa shape index (κ1) is 16.1. The first-order valence-corrected chi connectivity index (χ1v) is 9.18. The first-order valence-electron chi connectivity index (χ1n) is 9.18. The third-order valence-electron chi connectivity index (χ3n) is 5.38. The number of benzene rings is 1. The summed E-state index contributed by atoms with van der Waals surface area (Å²) in [6.45, 7) is 2.57. The summed E-state index contributed by atoms with van der Waals surface area (Å²) in [5.41, 5.74) is 3.86. The fraction of sp³-hybridized carbons (Fsp3) is 0.429. The van der Waals surface area contributed by atoms with E-state index < -0.39 is 0 Å². The zero-order chi connectivity index (χ0) is 17.4. The van der Waals surface area contributed by atoms with E-state index in [4.69, 9.17) is 4.74 Å². The Morgan fingerprint density at radius 2 is 1.88 bits per heavy atom. The maximum atomic E-state index is 12.7. The van der Waals surface area contributed by atoms with Crippen LogP contribution in [0.5, 0.6) is 5.75 Å². The highest BCUT2D eigenvalue weighted by atomic mass is 16.5. The molecule has 0 saturated heterocycles. The summed E-state index contributed by atoms with van der Waals surface area (Å²) in [4.78, 5) is 25.4. The van der Waals surface area contributed by atoms with Crippen LogP contribution in [0.2, 0.25) is 0 Å². The van der Waals surface area contributed by atoms with Gasteiger partial charge in [-0.2, -0.15) is 0 Å². The number of carbonyl (C=O) groups excluding carboxylic acids is 2. The van der Waals surface area contributed by atoms with Gasteiger partial charge in [0, 0.05) is 35.7 Å². The van der Waals surface area contributed by atoms with Crippen LogP contribution in [-0.4, -0.2) is 18.2 Å². The summed E-state index contributed by atoms with van der Waals surface area (Å²) in [7, 11) is 0. The van der Waals surface area contributed by atoms with Gasteiger partial charge >= 0.3 is 0 Å².